The summed E-state index contributed by atoms with van der Waals surface area (Å²) in [5, 5.41) is 9.64. The maximum absolute atomic E-state index is 11.5. The molecule has 0 heterocycles. The van der Waals surface area contributed by atoms with Gasteiger partial charge in [0, 0.05) is 5.92 Å². The van der Waals surface area contributed by atoms with Crippen LogP contribution in [0.4, 0.5) is 0 Å². The van der Waals surface area contributed by atoms with E-state index in [1.807, 2.05) is 30.3 Å². The Morgan fingerprint density at radius 3 is 2.50 bits per heavy atom. The number of aliphatic hydroxyl groups is 1. The van der Waals surface area contributed by atoms with E-state index in [1.165, 1.54) is 0 Å². The fourth-order valence-corrected chi connectivity index (χ4v) is 1.07. The first-order chi connectivity index (χ1) is 7.44. The maximum atomic E-state index is 11.5. The number of rotatable bonds is 4. The summed E-state index contributed by atoms with van der Waals surface area (Å²) in [6, 6.07) is 9.23. The van der Waals surface area contributed by atoms with Crippen molar-refractivity contribution in [1.82, 2.24) is 0 Å². The molecule has 16 heavy (non-hydrogen) atoms. The Kier molecular flexibility index (Phi) is 4.04. The van der Waals surface area contributed by atoms with Crippen LogP contribution in [0.2, 0.25) is 0 Å². The molecule has 0 amide bonds. The molecule has 0 bridgehead atoms. The molecule has 1 unspecified atom stereocenters. The topological polar surface area (TPSA) is 72.5 Å². The van der Waals surface area contributed by atoms with Crippen LogP contribution in [0.5, 0.6) is 0 Å². The van der Waals surface area contributed by atoms with E-state index in [0.29, 0.717) is 0 Å². The molecule has 1 atom stereocenters. The predicted octanol–water partition coefficient (Wildman–Crippen LogP) is 1.03. The van der Waals surface area contributed by atoms with Gasteiger partial charge in [0.2, 0.25) is 5.72 Å². The molecule has 1 aromatic carbocycles. The molecule has 0 aromatic heterocycles. The summed E-state index contributed by atoms with van der Waals surface area (Å²) in [6.07, 6.45) is 0. The van der Waals surface area contributed by atoms with Gasteiger partial charge >= 0.3 is 5.97 Å². The van der Waals surface area contributed by atoms with Crippen LogP contribution in [0.25, 0.3) is 0 Å². The first-order valence-electron chi connectivity index (χ1n) is 5.17. The highest BCUT2D eigenvalue weighted by Gasteiger charge is 2.36. The molecule has 0 radical (unpaired) electrons. The van der Waals surface area contributed by atoms with Crippen LogP contribution in [0.3, 0.4) is 0 Å². The molecular weight excluding hydrogens is 206 g/mol. The maximum Gasteiger partial charge on any atom is 0.354 e. The summed E-state index contributed by atoms with van der Waals surface area (Å²) in [5.41, 5.74) is 4.38. The van der Waals surface area contributed by atoms with Crippen LogP contribution in [0, 0.1) is 5.92 Å². The van der Waals surface area contributed by atoms with E-state index in [2.05, 4.69) is 0 Å². The Morgan fingerprint density at radius 2 is 2.00 bits per heavy atom. The predicted molar refractivity (Wildman–Crippen MR) is 60.2 cm³/mol. The van der Waals surface area contributed by atoms with E-state index in [-0.39, 0.29) is 6.61 Å². The molecule has 88 valence electrons. The second-order valence-corrected chi connectivity index (χ2v) is 4.04. The average Bonchev–Trinajstić information content (AvgIpc) is 2.27. The number of nitrogens with two attached hydrogens (primary N) is 1. The van der Waals surface area contributed by atoms with Gasteiger partial charge in [0.15, 0.2) is 0 Å². The van der Waals surface area contributed by atoms with Gasteiger partial charge in [-0.25, -0.2) is 4.79 Å². The Balaban J connectivity index is 2.54. The molecule has 0 aliphatic heterocycles. The van der Waals surface area contributed by atoms with Gasteiger partial charge in [0.1, 0.15) is 6.61 Å². The third-order valence-electron chi connectivity index (χ3n) is 2.42. The van der Waals surface area contributed by atoms with Crippen molar-refractivity contribution in [1.29, 1.82) is 0 Å². The van der Waals surface area contributed by atoms with E-state index >= 15 is 0 Å². The summed E-state index contributed by atoms with van der Waals surface area (Å²) in [5.74, 6) is -1.19. The van der Waals surface area contributed by atoms with Gasteiger partial charge in [-0.3, -0.25) is 5.73 Å². The normalized spacial score (nSPS) is 14.6. The van der Waals surface area contributed by atoms with Crippen molar-refractivity contribution < 1.29 is 14.6 Å². The number of esters is 1. The fourth-order valence-electron chi connectivity index (χ4n) is 1.07. The van der Waals surface area contributed by atoms with Gasteiger partial charge in [-0.15, -0.1) is 0 Å². The number of hydrogen-bond acceptors (Lipinski definition) is 4. The molecule has 0 saturated heterocycles. The number of carbonyl (C=O) groups is 1. The number of benzene rings is 1. The van der Waals surface area contributed by atoms with E-state index in [0.717, 1.165) is 5.56 Å². The molecule has 3 N–H and O–H groups in total. The lowest BCUT2D eigenvalue weighted by Gasteiger charge is -2.24. The summed E-state index contributed by atoms with van der Waals surface area (Å²) in [4.78, 5) is 11.5. The van der Waals surface area contributed by atoms with E-state index in [4.69, 9.17) is 10.5 Å². The van der Waals surface area contributed by atoms with Crippen LogP contribution in [0.15, 0.2) is 30.3 Å². The number of hydrogen-bond donors (Lipinski definition) is 2. The van der Waals surface area contributed by atoms with Crippen LogP contribution in [0.1, 0.15) is 19.4 Å². The van der Waals surface area contributed by atoms with Crippen LogP contribution >= 0.6 is 0 Å². The Labute approximate surface area is 95.0 Å². The Morgan fingerprint density at radius 1 is 1.44 bits per heavy atom. The quantitative estimate of drug-likeness (QED) is 0.590. The smallest absolute Gasteiger partial charge is 0.354 e. The SMILES string of the molecule is CC(C)C(N)(O)C(=O)OCc1ccccc1. The third kappa shape index (κ3) is 3.05. The minimum absolute atomic E-state index is 0.117. The zero-order valence-corrected chi connectivity index (χ0v) is 9.51. The molecule has 1 rings (SSSR count). The molecule has 4 nitrogen and oxygen atoms in total. The number of ether oxygens (including phenoxy) is 1. The van der Waals surface area contributed by atoms with Crippen LogP contribution in [-0.4, -0.2) is 16.8 Å². The van der Waals surface area contributed by atoms with Gasteiger partial charge in [-0.05, 0) is 5.56 Å². The summed E-state index contributed by atoms with van der Waals surface area (Å²) in [6.45, 7) is 3.43. The summed E-state index contributed by atoms with van der Waals surface area (Å²) >= 11 is 0. The van der Waals surface area contributed by atoms with E-state index in [9.17, 15) is 9.90 Å². The molecule has 0 aliphatic rings. The van der Waals surface area contributed by atoms with Crippen LogP contribution < -0.4 is 5.73 Å². The van der Waals surface area contributed by atoms with Crippen molar-refractivity contribution >= 4 is 5.97 Å². The first-order valence-corrected chi connectivity index (χ1v) is 5.17. The summed E-state index contributed by atoms with van der Waals surface area (Å²) in [7, 11) is 0. The monoisotopic (exact) mass is 223 g/mol. The molecular formula is C12H17NO3. The Bertz CT molecular complexity index is 347. The van der Waals surface area contributed by atoms with Crippen molar-refractivity contribution in [3.8, 4) is 0 Å². The van der Waals surface area contributed by atoms with Crippen molar-refractivity contribution in [2.45, 2.75) is 26.2 Å². The lowest BCUT2D eigenvalue weighted by atomic mass is 10.0. The zero-order chi connectivity index (χ0) is 12.2. The standard InChI is InChI=1S/C12H17NO3/c1-9(2)12(13,15)11(14)16-8-10-6-4-3-5-7-10/h3-7,9,15H,8,13H2,1-2H3. The highest BCUT2D eigenvalue weighted by atomic mass is 16.6. The lowest BCUT2D eigenvalue weighted by Crippen LogP contribution is -2.53. The largest absolute Gasteiger partial charge is 0.458 e. The zero-order valence-electron chi connectivity index (χ0n) is 9.51. The van der Waals surface area contributed by atoms with Gasteiger partial charge in [-0.2, -0.15) is 0 Å². The first kappa shape index (κ1) is 12.7. The van der Waals surface area contributed by atoms with E-state index in [1.54, 1.807) is 13.8 Å². The van der Waals surface area contributed by atoms with Crippen LogP contribution in [-0.2, 0) is 16.1 Å². The van der Waals surface area contributed by atoms with Crippen molar-refractivity contribution in [2.24, 2.45) is 11.7 Å². The molecule has 1 aromatic rings. The molecule has 0 saturated carbocycles. The second kappa shape index (κ2) is 5.09. The lowest BCUT2D eigenvalue weighted by molar-refractivity contribution is -0.171. The van der Waals surface area contributed by atoms with Gasteiger partial charge in [-0.1, -0.05) is 44.2 Å². The van der Waals surface area contributed by atoms with Crippen molar-refractivity contribution in [2.75, 3.05) is 0 Å². The minimum Gasteiger partial charge on any atom is -0.458 e. The molecule has 0 spiro atoms. The van der Waals surface area contributed by atoms with Crippen molar-refractivity contribution in [3.63, 3.8) is 0 Å². The molecule has 0 aliphatic carbocycles. The third-order valence-corrected chi connectivity index (χ3v) is 2.42. The van der Waals surface area contributed by atoms with Gasteiger partial charge in [0.05, 0.1) is 0 Å². The second-order valence-electron chi connectivity index (χ2n) is 4.04. The van der Waals surface area contributed by atoms with Gasteiger partial charge in [0.25, 0.3) is 0 Å². The highest BCUT2D eigenvalue weighted by Crippen LogP contribution is 2.13. The molecule has 4 heteroatoms. The highest BCUT2D eigenvalue weighted by molar-refractivity contribution is 5.78. The average molecular weight is 223 g/mol. The Hall–Kier alpha value is -1.39. The fraction of sp³-hybridized carbons (Fsp3) is 0.417. The minimum atomic E-state index is -1.92. The van der Waals surface area contributed by atoms with Gasteiger partial charge < -0.3 is 9.84 Å². The van der Waals surface area contributed by atoms with E-state index < -0.39 is 17.6 Å². The number of carbonyl (C=O) groups excluding carboxylic acids is 1. The summed E-state index contributed by atoms with van der Waals surface area (Å²) < 4.78 is 4.94. The van der Waals surface area contributed by atoms with Crippen molar-refractivity contribution in [3.05, 3.63) is 35.9 Å². The molecule has 0 fully saturated rings.